The average molecular weight is 514 g/mol. The van der Waals surface area contributed by atoms with E-state index in [2.05, 4.69) is 15.4 Å². The van der Waals surface area contributed by atoms with E-state index in [-0.39, 0.29) is 11.5 Å². The molecule has 9 heteroatoms. The van der Waals surface area contributed by atoms with Crippen molar-refractivity contribution >= 4 is 34.2 Å². The monoisotopic (exact) mass is 513 g/mol. The Balaban J connectivity index is 1.45. The first-order valence-electron chi connectivity index (χ1n) is 11.5. The number of aryl methyl sites for hydroxylation is 2. The number of pyridine rings is 2. The van der Waals surface area contributed by atoms with E-state index in [1.165, 1.54) is 6.20 Å². The van der Waals surface area contributed by atoms with Gasteiger partial charge in [0, 0.05) is 30.1 Å². The number of amides is 1. The molecule has 0 spiro atoms. The van der Waals surface area contributed by atoms with Gasteiger partial charge in [0.15, 0.2) is 5.65 Å². The van der Waals surface area contributed by atoms with Crippen molar-refractivity contribution in [2.24, 2.45) is 7.05 Å². The van der Waals surface area contributed by atoms with Crippen LogP contribution in [-0.2, 0) is 7.05 Å². The number of halogens is 1. The molecule has 0 aliphatic rings. The highest BCUT2D eigenvalue weighted by molar-refractivity contribution is 6.39. The maximum atomic E-state index is 13.1. The van der Waals surface area contributed by atoms with E-state index in [1.54, 1.807) is 25.9 Å². The maximum absolute atomic E-state index is 13.1. The van der Waals surface area contributed by atoms with Gasteiger partial charge in [-0.3, -0.25) is 9.48 Å². The van der Waals surface area contributed by atoms with Crippen LogP contribution in [0.4, 0.5) is 5.69 Å². The molecule has 0 unspecified atom stereocenters. The lowest BCUT2D eigenvalue weighted by Gasteiger charge is -2.12. The topological polar surface area (TPSA) is 91.2 Å². The second-order valence-electron chi connectivity index (χ2n) is 8.40. The van der Waals surface area contributed by atoms with Crippen LogP contribution in [0, 0.1) is 6.92 Å². The second-order valence-corrected chi connectivity index (χ2v) is 8.78. The van der Waals surface area contributed by atoms with Gasteiger partial charge in [-0.2, -0.15) is 5.10 Å². The van der Waals surface area contributed by atoms with Gasteiger partial charge >= 0.3 is 0 Å². The van der Waals surface area contributed by atoms with Gasteiger partial charge in [0.25, 0.3) is 5.91 Å². The molecule has 3 heterocycles. The first-order chi connectivity index (χ1) is 17.9. The number of rotatable bonds is 6. The number of methoxy groups -OCH3 is 2. The number of nitrogens with one attached hydrogen (secondary N) is 1. The van der Waals surface area contributed by atoms with Crippen molar-refractivity contribution in [1.82, 2.24) is 19.7 Å². The fraction of sp³-hybridized carbons (Fsp3) is 0.143. The van der Waals surface area contributed by atoms with Gasteiger partial charge in [-0.1, -0.05) is 29.8 Å². The third kappa shape index (κ3) is 4.59. The Morgan fingerprint density at radius 3 is 2.57 bits per heavy atom. The molecule has 0 fully saturated rings. The summed E-state index contributed by atoms with van der Waals surface area (Å²) in [6.07, 6.45) is 1.47. The summed E-state index contributed by atoms with van der Waals surface area (Å²) in [6, 6.07) is 18.8. The first-order valence-corrected chi connectivity index (χ1v) is 11.9. The molecule has 37 heavy (non-hydrogen) atoms. The molecule has 0 saturated carbocycles. The van der Waals surface area contributed by atoms with E-state index in [4.69, 9.17) is 26.1 Å². The number of anilines is 1. The molecule has 5 aromatic rings. The molecular formula is C28H24ClN5O3. The minimum atomic E-state index is -0.359. The Hall–Kier alpha value is -4.43. The Morgan fingerprint density at radius 2 is 1.78 bits per heavy atom. The molecule has 0 aliphatic carbocycles. The van der Waals surface area contributed by atoms with Crippen LogP contribution < -0.4 is 14.8 Å². The van der Waals surface area contributed by atoms with Gasteiger partial charge in [0.05, 0.1) is 47.3 Å². The van der Waals surface area contributed by atoms with Crippen LogP contribution in [0.3, 0.4) is 0 Å². The Bertz CT molecular complexity index is 1650. The fourth-order valence-corrected chi connectivity index (χ4v) is 4.60. The summed E-state index contributed by atoms with van der Waals surface area (Å²) in [5.74, 6) is 1.04. The number of ether oxygens (including phenoxy) is 2. The van der Waals surface area contributed by atoms with Crippen molar-refractivity contribution in [3.8, 4) is 34.0 Å². The standard InChI is InChI=1S/C28H24ClN5O3/c1-16-25-26(29)21(15-30-27(25)34(2)33-16)28(35)31-18-8-5-7-17(13-18)22-9-6-10-23(32-22)20-14-19(36-3)11-12-24(20)37-4/h5-15H,1-4H3,(H,31,35). The van der Waals surface area contributed by atoms with Crippen molar-refractivity contribution in [2.45, 2.75) is 6.92 Å². The molecule has 0 radical (unpaired) electrons. The van der Waals surface area contributed by atoms with Crippen LogP contribution in [0.25, 0.3) is 33.5 Å². The summed E-state index contributed by atoms with van der Waals surface area (Å²) in [5, 5.41) is 8.26. The summed E-state index contributed by atoms with van der Waals surface area (Å²) in [5.41, 5.74) is 5.35. The minimum absolute atomic E-state index is 0.279. The van der Waals surface area contributed by atoms with Gasteiger partial charge in [-0.25, -0.2) is 9.97 Å². The molecule has 0 atom stereocenters. The van der Waals surface area contributed by atoms with Crippen LogP contribution in [0.2, 0.25) is 5.02 Å². The van der Waals surface area contributed by atoms with Gasteiger partial charge in [0.1, 0.15) is 11.5 Å². The zero-order valence-electron chi connectivity index (χ0n) is 20.7. The molecular weight excluding hydrogens is 490 g/mol. The number of carbonyl (C=O) groups is 1. The maximum Gasteiger partial charge on any atom is 0.258 e. The summed E-state index contributed by atoms with van der Waals surface area (Å²) >= 11 is 6.59. The average Bonchev–Trinajstić information content (AvgIpc) is 3.22. The van der Waals surface area contributed by atoms with Gasteiger partial charge in [-0.15, -0.1) is 0 Å². The van der Waals surface area contributed by atoms with E-state index in [9.17, 15) is 4.79 Å². The van der Waals surface area contributed by atoms with Crippen molar-refractivity contribution in [1.29, 1.82) is 0 Å². The lowest BCUT2D eigenvalue weighted by atomic mass is 10.1. The number of hydrogen-bond donors (Lipinski definition) is 1. The lowest BCUT2D eigenvalue weighted by Crippen LogP contribution is -2.13. The number of hydrogen-bond acceptors (Lipinski definition) is 6. The summed E-state index contributed by atoms with van der Waals surface area (Å²) in [4.78, 5) is 22.3. The van der Waals surface area contributed by atoms with Crippen molar-refractivity contribution in [3.63, 3.8) is 0 Å². The number of nitrogens with zero attached hydrogens (tertiary/aromatic N) is 4. The molecule has 186 valence electrons. The zero-order valence-corrected chi connectivity index (χ0v) is 21.5. The molecule has 1 amide bonds. The SMILES string of the molecule is COc1ccc(OC)c(-c2cccc(-c3cccc(NC(=O)c4cnc5c(c(C)nn5C)c4Cl)c3)n2)c1. The van der Waals surface area contributed by atoms with Crippen molar-refractivity contribution in [3.05, 3.63) is 83.1 Å². The number of carbonyl (C=O) groups excluding carboxylic acids is 1. The Kier molecular flexibility index (Phi) is 6.50. The quantitative estimate of drug-likeness (QED) is 0.302. The number of fused-ring (bicyclic) bond motifs is 1. The highest BCUT2D eigenvalue weighted by atomic mass is 35.5. The molecule has 0 aliphatic heterocycles. The summed E-state index contributed by atoms with van der Waals surface area (Å²) < 4.78 is 12.6. The van der Waals surface area contributed by atoms with Crippen molar-refractivity contribution in [2.75, 3.05) is 19.5 Å². The summed E-state index contributed by atoms with van der Waals surface area (Å²) in [6.45, 7) is 1.84. The van der Waals surface area contributed by atoms with E-state index >= 15 is 0 Å². The molecule has 0 bridgehead atoms. The van der Waals surface area contributed by atoms with Crippen LogP contribution in [0.15, 0.2) is 66.9 Å². The third-order valence-electron chi connectivity index (χ3n) is 6.06. The largest absolute Gasteiger partial charge is 0.497 e. The predicted molar refractivity (Wildman–Crippen MR) is 144 cm³/mol. The van der Waals surface area contributed by atoms with E-state index in [0.717, 1.165) is 22.5 Å². The smallest absolute Gasteiger partial charge is 0.258 e. The number of benzene rings is 2. The molecule has 8 nitrogen and oxygen atoms in total. The predicted octanol–water partition coefficient (Wildman–Crippen LogP) is 5.93. The van der Waals surface area contributed by atoms with Crippen LogP contribution in [0.5, 0.6) is 11.5 Å². The molecule has 3 aromatic heterocycles. The lowest BCUT2D eigenvalue weighted by molar-refractivity contribution is 0.102. The Labute approximate surface area is 218 Å². The first kappa shape index (κ1) is 24.3. The molecule has 5 rings (SSSR count). The minimum Gasteiger partial charge on any atom is -0.497 e. The summed E-state index contributed by atoms with van der Waals surface area (Å²) in [7, 11) is 5.03. The van der Waals surface area contributed by atoms with Crippen LogP contribution >= 0.6 is 11.6 Å². The molecule has 1 N–H and O–H groups in total. The van der Waals surface area contributed by atoms with Gasteiger partial charge in [0.2, 0.25) is 0 Å². The van der Waals surface area contributed by atoms with Crippen LogP contribution in [0.1, 0.15) is 16.1 Å². The van der Waals surface area contributed by atoms with Crippen LogP contribution in [-0.4, -0.2) is 39.9 Å². The van der Waals surface area contributed by atoms with E-state index in [1.807, 2.05) is 67.6 Å². The van der Waals surface area contributed by atoms with E-state index in [0.29, 0.717) is 38.9 Å². The molecule has 2 aromatic carbocycles. The highest BCUT2D eigenvalue weighted by Gasteiger charge is 2.19. The molecule has 0 saturated heterocycles. The normalized spacial score (nSPS) is 10.9. The number of aromatic nitrogens is 4. The van der Waals surface area contributed by atoms with E-state index < -0.39 is 0 Å². The van der Waals surface area contributed by atoms with Gasteiger partial charge < -0.3 is 14.8 Å². The third-order valence-corrected chi connectivity index (χ3v) is 6.45. The second kappa shape index (κ2) is 9.91. The zero-order chi connectivity index (χ0) is 26.1. The fourth-order valence-electron chi connectivity index (χ4n) is 4.24. The Morgan fingerprint density at radius 1 is 1.00 bits per heavy atom. The van der Waals surface area contributed by atoms with Gasteiger partial charge in [-0.05, 0) is 49.4 Å². The highest BCUT2D eigenvalue weighted by Crippen LogP contribution is 2.34. The van der Waals surface area contributed by atoms with Crippen molar-refractivity contribution < 1.29 is 14.3 Å².